The van der Waals surface area contributed by atoms with Crippen LogP contribution in [0.1, 0.15) is 0 Å². The van der Waals surface area contributed by atoms with Gasteiger partial charge in [-0.1, -0.05) is 0 Å². The highest BCUT2D eigenvalue weighted by molar-refractivity contribution is 5.11. The van der Waals surface area contributed by atoms with Crippen LogP contribution in [0.3, 0.4) is 0 Å². The Morgan fingerprint density at radius 3 is 2.67 bits per heavy atom. The van der Waals surface area contributed by atoms with Crippen LogP contribution in [0.5, 0.6) is 0 Å². The van der Waals surface area contributed by atoms with E-state index < -0.39 is 4.92 Å². The van der Waals surface area contributed by atoms with E-state index >= 15 is 0 Å². The number of allylic oxidation sites excluding steroid dienone is 1. The Bertz CT molecular complexity index is 184. The molecule has 0 amide bonds. The molecule has 0 atom stereocenters. The fraction of sp³-hybridized carbons (Fsp3) is 0. The second kappa shape index (κ2) is 2.17. The van der Waals surface area contributed by atoms with Crippen molar-refractivity contribution in [2.45, 2.75) is 0 Å². The highest BCUT2D eigenvalue weighted by Gasteiger charge is 2.06. The van der Waals surface area contributed by atoms with E-state index in [2.05, 4.69) is 10.9 Å². The molecule has 1 rings (SSSR count). The Kier molecular flexibility index (Phi) is 1.35. The number of hydrazine groups is 1. The summed E-state index contributed by atoms with van der Waals surface area (Å²) >= 11 is 0. The van der Waals surface area contributed by atoms with E-state index in [0.717, 1.165) is 0 Å². The van der Waals surface area contributed by atoms with Gasteiger partial charge in [-0.05, 0) is 0 Å². The van der Waals surface area contributed by atoms with Gasteiger partial charge in [-0.2, -0.15) is 0 Å². The van der Waals surface area contributed by atoms with Crippen molar-refractivity contribution in [2.75, 3.05) is 0 Å². The van der Waals surface area contributed by atoms with Gasteiger partial charge in [0.1, 0.15) is 0 Å². The minimum Gasteiger partial charge on any atom is -0.308 e. The van der Waals surface area contributed by atoms with Crippen molar-refractivity contribution in [3.05, 3.63) is 34.3 Å². The molecule has 1 heterocycles. The smallest absolute Gasteiger partial charge is 0.288 e. The van der Waals surface area contributed by atoms with Crippen molar-refractivity contribution >= 4 is 0 Å². The van der Waals surface area contributed by atoms with E-state index in [1.54, 1.807) is 0 Å². The summed E-state index contributed by atoms with van der Waals surface area (Å²) in [5.41, 5.74) is 5.08. The van der Waals surface area contributed by atoms with Gasteiger partial charge in [0.2, 0.25) is 0 Å². The third-order valence-corrected chi connectivity index (χ3v) is 0.852. The summed E-state index contributed by atoms with van der Waals surface area (Å²) in [6, 6.07) is 0. The second-order valence-corrected chi connectivity index (χ2v) is 1.45. The molecule has 0 aliphatic carbocycles. The molecule has 5 heteroatoms. The van der Waals surface area contributed by atoms with Gasteiger partial charge in [-0.25, -0.2) is 0 Å². The summed E-state index contributed by atoms with van der Waals surface area (Å²) in [7, 11) is 0. The summed E-state index contributed by atoms with van der Waals surface area (Å²) in [5, 5.41) is 9.97. The Morgan fingerprint density at radius 1 is 1.56 bits per heavy atom. The van der Waals surface area contributed by atoms with Crippen LogP contribution in [0.15, 0.2) is 24.2 Å². The number of nitrogens with zero attached hydrogens (tertiary/aromatic N) is 1. The zero-order valence-corrected chi connectivity index (χ0v) is 4.50. The lowest BCUT2D eigenvalue weighted by atomic mass is 10.4. The number of hydrogen-bond donors (Lipinski definition) is 2. The highest BCUT2D eigenvalue weighted by atomic mass is 16.6. The lowest BCUT2D eigenvalue weighted by Gasteiger charge is -2.02. The van der Waals surface area contributed by atoms with E-state index in [-0.39, 0.29) is 5.70 Å². The van der Waals surface area contributed by atoms with E-state index in [4.69, 9.17) is 0 Å². The molecule has 0 aromatic carbocycles. The van der Waals surface area contributed by atoms with Crippen LogP contribution in [-0.4, -0.2) is 4.92 Å². The Balaban J connectivity index is 2.69. The number of rotatable bonds is 1. The predicted molar refractivity (Wildman–Crippen MR) is 30.5 cm³/mol. The standard InChI is InChI=1S/C4H5N3O2/c8-7(9)4-1-2-5-6-3-4/h1-3,5-6H. The van der Waals surface area contributed by atoms with Crippen LogP contribution in [0.2, 0.25) is 0 Å². The van der Waals surface area contributed by atoms with Crippen LogP contribution in [0.4, 0.5) is 0 Å². The predicted octanol–water partition coefficient (Wildman–Crippen LogP) is -0.274. The van der Waals surface area contributed by atoms with E-state index in [1.807, 2.05) is 0 Å². The van der Waals surface area contributed by atoms with Crippen LogP contribution >= 0.6 is 0 Å². The van der Waals surface area contributed by atoms with Gasteiger partial charge in [-0.15, -0.1) is 0 Å². The zero-order chi connectivity index (χ0) is 6.69. The first kappa shape index (κ1) is 5.61. The van der Waals surface area contributed by atoms with Gasteiger partial charge in [0, 0.05) is 12.3 Å². The molecule has 0 saturated carbocycles. The molecule has 0 aromatic rings. The zero-order valence-electron chi connectivity index (χ0n) is 4.50. The molecule has 1 aliphatic heterocycles. The van der Waals surface area contributed by atoms with Crippen LogP contribution in [0.25, 0.3) is 0 Å². The first-order valence-corrected chi connectivity index (χ1v) is 2.33. The molecule has 0 aromatic heterocycles. The SMILES string of the molecule is O=[N+]([O-])C1=CNNC=C1. The highest BCUT2D eigenvalue weighted by Crippen LogP contribution is 1.96. The summed E-state index contributed by atoms with van der Waals surface area (Å²) in [6.07, 6.45) is 4.11. The van der Waals surface area contributed by atoms with Crippen LogP contribution < -0.4 is 10.9 Å². The van der Waals surface area contributed by atoms with Crippen LogP contribution in [0, 0.1) is 10.1 Å². The number of nitrogens with one attached hydrogen (secondary N) is 2. The minimum atomic E-state index is -0.468. The fourth-order valence-corrected chi connectivity index (χ4v) is 0.452. The molecular weight excluding hydrogens is 122 g/mol. The van der Waals surface area contributed by atoms with Crippen molar-refractivity contribution in [3.8, 4) is 0 Å². The van der Waals surface area contributed by atoms with Gasteiger partial charge in [0.25, 0.3) is 5.70 Å². The van der Waals surface area contributed by atoms with Crippen molar-refractivity contribution in [1.82, 2.24) is 10.9 Å². The number of hydrogen-bond acceptors (Lipinski definition) is 4. The van der Waals surface area contributed by atoms with Crippen molar-refractivity contribution in [1.29, 1.82) is 0 Å². The molecule has 0 saturated heterocycles. The summed E-state index contributed by atoms with van der Waals surface area (Å²) in [6.45, 7) is 0. The van der Waals surface area contributed by atoms with Crippen molar-refractivity contribution < 1.29 is 4.92 Å². The van der Waals surface area contributed by atoms with Gasteiger partial charge in [0.15, 0.2) is 0 Å². The van der Waals surface area contributed by atoms with E-state index in [1.165, 1.54) is 18.5 Å². The van der Waals surface area contributed by atoms with Gasteiger partial charge >= 0.3 is 0 Å². The summed E-state index contributed by atoms with van der Waals surface area (Å²) in [5.74, 6) is 0. The molecule has 0 bridgehead atoms. The first-order valence-electron chi connectivity index (χ1n) is 2.33. The molecular formula is C4H5N3O2. The molecule has 0 radical (unpaired) electrons. The fourth-order valence-electron chi connectivity index (χ4n) is 0.452. The lowest BCUT2D eigenvalue weighted by Crippen LogP contribution is -2.24. The van der Waals surface area contributed by atoms with Crippen LogP contribution in [-0.2, 0) is 0 Å². The lowest BCUT2D eigenvalue weighted by molar-refractivity contribution is -0.419. The van der Waals surface area contributed by atoms with Crippen molar-refractivity contribution in [3.63, 3.8) is 0 Å². The largest absolute Gasteiger partial charge is 0.308 e. The molecule has 0 spiro atoms. The van der Waals surface area contributed by atoms with E-state index in [9.17, 15) is 10.1 Å². The van der Waals surface area contributed by atoms with E-state index in [0.29, 0.717) is 0 Å². The first-order chi connectivity index (χ1) is 4.30. The Hall–Kier alpha value is -1.52. The topological polar surface area (TPSA) is 67.2 Å². The monoisotopic (exact) mass is 127 g/mol. The molecule has 0 fully saturated rings. The number of nitro groups is 1. The molecule has 2 N–H and O–H groups in total. The normalized spacial score (nSPS) is 15.3. The third-order valence-electron chi connectivity index (χ3n) is 0.852. The third kappa shape index (κ3) is 1.18. The molecule has 9 heavy (non-hydrogen) atoms. The average Bonchev–Trinajstić information content (AvgIpc) is 1.90. The maximum atomic E-state index is 9.97. The maximum Gasteiger partial charge on any atom is 0.288 e. The Morgan fingerprint density at radius 2 is 2.33 bits per heavy atom. The maximum absolute atomic E-state index is 9.97. The molecule has 1 aliphatic rings. The van der Waals surface area contributed by atoms with Crippen molar-refractivity contribution in [2.24, 2.45) is 0 Å². The summed E-state index contributed by atoms with van der Waals surface area (Å²) in [4.78, 5) is 9.50. The minimum absolute atomic E-state index is 0.0498. The van der Waals surface area contributed by atoms with Gasteiger partial charge < -0.3 is 10.9 Å². The van der Waals surface area contributed by atoms with Gasteiger partial charge in [0.05, 0.1) is 11.1 Å². The average molecular weight is 127 g/mol. The Labute approximate surface area is 51.2 Å². The quantitative estimate of drug-likeness (QED) is 0.375. The summed E-state index contributed by atoms with van der Waals surface area (Å²) < 4.78 is 0. The second-order valence-electron chi connectivity index (χ2n) is 1.45. The molecule has 5 nitrogen and oxygen atoms in total. The molecule has 48 valence electrons. The molecule has 0 unspecified atom stereocenters. The van der Waals surface area contributed by atoms with Gasteiger partial charge in [-0.3, -0.25) is 10.1 Å².